The van der Waals surface area contributed by atoms with Gasteiger partial charge in [0.05, 0.1) is 22.2 Å². The quantitative estimate of drug-likeness (QED) is 0.297. The van der Waals surface area contributed by atoms with Crippen molar-refractivity contribution in [3.05, 3.63) is 83.0 Å². The second-order valence-electron chi connectivity index (χ2n) is 8.96. The summed E-state index contributed by atoms with van der Waals surface area (Å²) in [6.07, 6.45) is 2.57. The molecular weight excluding hydrogens is 450 g/mol. The van der Waals surface area contributed by atoms with Crippen LogP contribution >= 0.6 is 11.6 Å². The molecule has 5 rings (SSSR count). The predicted molar refractivity (Wildman–Crippen MR) is 133 cm³/mol. The fourth-order valence-corrected chi connectivity index (χ4v) is 5.20. The monoisotopic (exact) mass is 473 g/mol. The number of ketones is 1. The van der Waals surface area contributed by atoms with Crippen molar-refractivity contribution in [1.29, 1.82) is 0 Å². The van der Waals surface area contributed by atoms with Gasteiger partial charge in [-0.05, 0) is 31.0 Å². The van der Waals surface area contributed by atoms with Gasteiger partial charge in [-0.1, -0.05) is 73.0 Å². The van der Waals surface area contributed by atoms with Crippen LogP contribution in [-0.4, -0.2) is 21.8 Å². The van der Waals surface area contributed by atoms with Crippen LogP contribution in [0.4, 0.5) is 0 Å². The average molecular weight is 474 g/mol. The van der Waals surface area contributed by atoms with Gasteiger partial charge in [-0.2, -0.15) is 0 Å². The molecule has 6 heteroatoms. The zero-order valence-electron chi connectivity index (χ0n) is 18.6. The molecule has 172 valence electrons. The number of carboxylic acids is 1. The van der Waals surface area contributed by atoms with Crippen LogP contribution in [0.15, 0.2) is 66.7 Å². The van der Waals surface area contributed by atoms with E-state index in [9.17, 15) is 14.7 Å². The van der Waals surface area contributed by atoms with Gasteiger partial charge in [0.25, 0.3) is 0 Å². The van der Waals surface area contributed by atoms with Gasteiger partial charge in [-0.25, -0.2) is 4.98 Å². The second kappa shape index (κ2) is 9.07. The molecule has 1 heterocycles. The molecule has 3 aromatic carbocycles. The lowest BCUT2D eigenvalue weighted by Gasteiger charge is -2.23. The summed E-state index contributed by atoms with van der Waals surface area (Å²) in [6.45, 7) is 0.167. The highest BCUT2D eigenvalue weighted by Gasteiger charge is 2.43. The molecule has 0 atom stereocenters. The van der Waals surface area contributed by atoms with E-state index in [-0.39, 0.29) is 18.8 Å². The number of ether oxygens (including phenoxy) is 1. The average Bonchev–Trinajstić information content (AvgIpc) is 3.33. The second-order valence-corrected chi connectivity index (χ2v) is 9.36. The molecule has 0 amide bonds. The molecule has 1 N–H and O–H groups in total. The number of fused-ring (bicyclic) bond motifs is 2. The Labute approximate surface area is 202 Å². The predicted octanol–water partition coefficient (Wildman–Crippen LogP) is 6.84. The van der Waals surface area contributed by atoms with Crippen LogP contribution in [0.2, 0.25) is 5.02 Å². The third-order valence-electron chi connectivity index (χ3n) is 6.78. The van der Waals surface area contributed by atoms with Gasteiger partial charge in [0.15, 0.2) is 5.78 Å². The van der Waals surface area contributed by atoms with Crippen LogP contribution in [0.3, 0.4) is 0 Å². The third kappa shape index (κ3) is 4.12. The van der Waals surface area contributed by atoms with Crippen molar-refractivity contribution < 1.29 is 19.4 Å². The molecule has 1 fully saturated rings. The molecule has 1 aliphatic carbocycles. The SMILES string of the molecule is O=C(CC1(C(=O)O)CCCC1)c1cc(Cl)c2ccccc2c1OCc1ccc2ccccc2n1. The molecule has 0 unspecified atom stereocenters. The minimum absolute atomic E-state index is 0.0679. The molecule has 0 radical (unpaired) electrons. The van der Waals surface area contributed by atoms with E-state index in [1.54, 1.807) is 6.07 Å². The number of carbonyl (C=O) groups excluding carboxylic acids is 1. The van der Waals surface area contributed by atoms with Crippen LogP contribution in [0, 0.1) is 5.41 Å². The van der Waals surface area contributed by atoms with E-state index in [1.165, 1.54) is 0 Å². The van der Waals surface area contributed by atoms with E-state index in [0.717, 1.165) is 40.2 Å². The number of hydrogen-bond donors (Lipinski definition) is 1. The van der Waals surface area contributed by atoms with Gasteiger partial charge in [0.2, 0.25) is 0 Å². The number of aromatic nitrogens is 1. The fourth-order valence-electron chi connectivity index (χ4n) is 4.92. The van der Waals surface area contributed by atoms with E-state index in [1.807, 2.05) is 60.7 Å². The molecular formula is C28H24ClNO4. The first-order chi connectivity index (χ1) is 16.5. The van der Waals surface area contributed by atoms with Crippen LogP contribution in [0.25, 0.3) is 21.7 Å². The summed E-state index contributed by atoms with van der Waals surface area (Å²) in [7, 11) is 0. The molecule has 0 bridgehead atoms. The van der Waals surface area contributed by atoms with Crippen molar-refractivity contribution in [2.45, 2.75) is 38.7 Å². The highest BCUT2D eigenvalue weighted by Crippen LogP contribution is 2.44. The first-order valence-electron chi connectivity index (χ1n) is 11.4. The maximum atomic E-state index is 13.5. The summed E-state index contributed by atoms with van der Waals surface area (Å²) in [5.74, 6) is -0.759. The Hall–Kier alpha value is -3.44. The van der Waals surface area contributed by atoms with E-state index < -0.39 is 11.4 Å². The van der Waals surface area contributed by atoms with Gasteiger partial charge in [0, 0.05) is 27.6 Å². The number of aliphatic carboxylic acids is 1. The molecule has 0 saturated heterocycles. The lowest BCUT2D eigenvalue weighted by atomic mass is 9.79. The van der Waals surface area contributed by atoms with Crippen LogP contribution in [-0.2, 0) is 11.4 Å². The summed E-state index contributed by atoms with van der Waals surface area (Å²) < 4.78 is 6.23. The number of para-hydroxylation sites is 1. The maximum Gasteiger partial charge on any atom is 0.310 e. The van der Waals surface area contributed by atoms with Gasteiger partial charge in [-0.15, -0.1) is 0 Å². The number of pyridine rings is 1. The van der Waals surface area contributed by atoms with Gasteiger partial charge in [-0.3, -0.25) is 9.59 Å². The van der Waals surface area contributed by atoms with Crippen LogP contribution in [0.5, 0.6) is 5.75 Å². The van der Waals surface area contributed by atoms with Gasteiger partial charge >= 0.3 is 5.97 Å². The number of Topliss-reactive ketones (excluding diaryl/α,β-unsaturated/α-hetero) is 1. The highest BCUT2D eigenvalue weighted by molar-refractivity contribution is 6.36. The maximum absolute atomic E-state index is 13.5. The molecule has 1 aliphatic rings. The zero-order valence-corrected chi connectivity index (χ0v) is 19.3. The van der Waals surface area contributed by atoms with Crippen molar-refractivity contribution in [2.75, 3.05) is 0 Å². The van der Waals surface area contributed by atoms with Crippen LogP contribution in [0.1, 0.15) is 48.2 Å². The Bertz CT molecular complexity index is 1410. The van der Waals surface area contributed by atoms with Crippen molar-refractivity contribution >= 4 is 45.0 Å². The zero-order chi connectivity index (χ0) is 23.7. The molecule has 5 nitrogen and oxygen atoms in total. The molecule has 0 spiro atoms. The summed E-state index contributed by atoms with van der Waals surface area (Å²) in [6, 6.07) is 20.8. The number of carbonyl (C=O) groups is 2. The van der Waals surface area contributed by atoms with E-state index in [4.69, 9.17) is 16.3 Å². The molecule has 4 aromatic rings. The largest absolute Gasteiger partial charge is 0.486 e. The summed E-state index contributed by atoms with van der Waals surface area (Å²) >= 11 is 6.54. The topological polar surface area (TPSA) is 76.5 Å². The summed E-state index contributed by atoms with van der Waals surface area (Å²) in [5.41, 5.74) is 0.892. The standard InChI is InChI=1S/C28H24ClNO4/c29-23-15-22(25(31)16-28(27(32)33)13-5-6-14-28)26(21-9-3-2-8-20(21)23)34-17-19-12-11-18-7-1-4-10-24(18)30-19/h1-4,7-12,15H,5-6,13-14,16-17H2,(H,32,33). The number of halogens is 1. The number of benzene rings is 3. The Balaban J connectivity index is 1.52. The third-order valence-corrected chi connectivity index (χ3v) is 7.09. The smallest absolute Gasteiger partial charge is 0.310 e. The Morgan fingerprint density at radius 2 is 1.68 bits per heavy atom. The number of nitrogens with zero attached hydrogens (tertiary/aromatic N) is 1. The van der Waals surface area contributed by atoms with Crippen molar-refractivity contribution in [2.24, 2.45) is 5.41 Å². The highest BCUT2D eigenvalue weighted by atomic mass is 35.5. The lowest BCUT2D eigenvalue weighted by Crippen LogP contribution is -2.30. The van der Waals surface area contributed by atoms with Crippen LogP contribution < -0.4 is 4.74 Å². The fraction of sp³-hybridized carbons (Fsp3) is 0.250. The summed E-state index contributed by atoms with van der Waals surface area (Å²) in [5, 5.41) is 12.8. The first kappa shape index (κ1) is 22.4. The van der Waals surface area contributed by atoms with Crippen molar-refractivity contribution in [1.82, 2.24) is 4.98 Å². The van der Waals surface area contributed by atoms with E-state index in [0.29, 0.717) is 29.2 Å². The molecule has 1 saturated carbocycles. The van der Waals surface area contributed by atoms with Crippen molar-refractivity contribution in [3.8, 4) is 5.75 Å². The number of rotatable bonds is 7. The van der Waals surface area contributed by atoms with E-state index in [2.05, 4.69) is 4.98 Å². The Morgan fingerprint density at radius 3 is 2.44 bits per heavy atom. The Kier molecular flexibility index (Phi) is 5.96. The summed E-state index contributed by atoms with van der Waals surface area (Å²) in [4.78, 5) is 30.2. The normalized spacial score (nSPS) is 15.0. The number of hydrogen-bond acceptors (Lipinski definition) is 4. The molecule has 34 heavy (non-hydrogen) atoms. The minimum Gasteiger partial charge on any atom is -0.486 e. The number of carboxylic acid groups (broad SMARTS) is 1. The van der Waals surface area contributed by atoms with Gasteiger partial charge < -0.3 is 9.84 Å². The Morgan fingerprint density at radius 1 is 0.971 bits per heavy atom. The molecule has 0 aliphatic heterocycles. The molecule has 1 aromatic heterocycles. The minimum atomic E-state index is -1.02. The van der Waals surface area contributed by atoms with E-state index >= 15 is 0 Å². The van der Waals surface area contributed by atoms with Gasteiger partial charge in [0.1, 0.15) is 12.4 Å². The van der Waals surface area contributed by atoms with Crippen molar-refractivity contribution in [3.63, 3.8) is 0 Å². The first-order valence-corrected chi connectivity index (χ1v) is 11.8. The lowest BCUT2D eigenvalue weighted by molar-refractivity contribution is -0.148.